The highest BCUT2D eigenvalue weighted by atomic mass is 16.2. The maximum atomic E-state index is 13.3. The number of hydrogen-bond donors (Lipinski definition) is 1. The van der Waals surface area contributed by atoms with Gasteiger partial charge in [-0.1, -0.05) is 6.92 Å². The summed E-state index contributed by atoms with van der Waals surface area (Å²) < 4.78 is 0. The SMILES string of the molecule is CCN1CCN(CCCNC(=O)C2CCN(C(=O)N3CC4CC(C3)[C@H]3CCCC(=O)N3C4)CC2)CC1. The Morgan fingerprint density at radius 1 is 0.917 bits per heavy atom. The molecule has 0 aromatic rings. The number of piperazine rings is 1. The molecule has 36 heavy (non-hydrogen) atoms. The Hall–Kier alpha value is -1.87. The van der Waals surface area contributed by atoms with Gasteiger partial charge in [0.05, 0.1) is 0 Å². The standard InChI is InChI=1S/C27H46N6O3/c1-2-29-13-15-30(16-14-29)10-4-9-28-26(35)22-7-11-31(12-8-22)27(36)32-18-21-17-23(20-32)24-5-3-6-25(34)33(24)19-21/h21-24H,2-20H2,1H3,(H,28,35)/t21?,23?,24-/m1/s1. The van der Waals surface area contributed by atoms with Gasteiger partial charge in [0, 0.05) is 83.8 Å². The van der Waals surface area contributed by atoms with Crippen LogP contribution in [0.15, 0.2) is 0 Å². The fourth-order valence-corrected chi connectivity index (χ4v) is 7.29. The molecule has 2 bridgehead atoms. The van der Waals surface area contributed by atoms with Crippen molar-refractivity contribution in [3.05, 3.63) is 0 Å². The van der Waals surface area contributed by atoms with Crippen molar-refractivity contribution in [1.82, 2.24) is 29.8 Å². The first kappa shape index (κ1) is 25.8. The molecule has 0 aromatic heterocycles. The Morgan fingerprint density at radius 2 is 1.67 bits per heavy atom. The van der Waals surface area contributed by atoms with Gasteiger partial charge in [0.2, 0.25) is 11.8 Å². The molecular weight excluding hydrogens is 456 g/mol. The van der Waals surface area contributed by atoms with Crippen molar-refractivity contribution < 1.29 is 14.4 Å². The first-order valence-corrected chi connectivity index (χ1v) is 14.6. The van der Waals surface area contributed by atoms with Crippen LogP contribution in [0.25, 0.3) is 0 Å². The molecule has 0 aliphatic carbocycles. The minimum absolute atomic E-state index is 0.0182. The summed E-state index contributed by atoms with van der Waals surface area (Å²) in [4.78, 5) is 49.6. The van der Waals surface area contributed by atoms with Crippen LogP contribution < -0.4 is 5.32 Å². The summed E-state index contributed by atoms with van der Waals surface area (Å²) in [6, 6.07) is 0.468. The third kappa shape index (κ3) is 5.82. The molecule has 5 saturated heterocycles. The Kier molecular flexibility index (Phi) is 8.35. The minimum atomic E-state index is 0.0182. The largest absolute Gasteiger partial charge is 0.356 e. The lowest BCUT2D eigenvalue weighted by Crippen LogP contribution is -2.62. The summed E-state index contributed by atoms with van der Waals surface area (Å²) in [7, 11) is 0. The molecular formula is C27H46N6O3. The molecule has 2 unspecified atom stereocenters. The summed E-state index contributed by atoms with van der Waals surface area (Å²) in [5.74, 6) is 1.32. The normalized spacial score (nSPS) is 30.3. The zero-order valence-corrected chi connectivity index (χ0v) is 22.2. The number of nitrogens with zero attached hydrogens (tertiary/aromatic N) is 5. The average molecular weight is 503 g/mol. The second-order valence-corrected chi connectivity index (χ2v) is 11.7. The van der Waals surface area contributed by atoms with Crippen LogP contribution in [-0.2, 0) is 9.59 Å². The van der Waals surface area contributed by atoms with Crippen LogP contribution >= 0.6 is 0 Å². The van der Waals surface area contributed by atoms with E-state index in [1.54, 1.807) is 0 Å². The number of likely N-dealkylation sites (tertiary alicyclic amines) is 2. The minimum Gasteiger partial charge on any atom is -0.356 e. The summed E-state index contributed by atoms with van der Waals surface area (Å²) in [6.45, 7) is 13.4. The van der Waals surface area contributed by atoms with Gasteiger partial charge in [-0.15, -0.1) is 0 Å². The van der Waals surface area contributed by atoms with E-state index in [2.05, 4.69) is 31.8 Å². The maximum Gasteiger partial charge on any atom is 0.320 e. The highest BCUT2D eigenvalue weighted by Crippen LogP contribution is 2.38. The second-order valence-electron chi connectivity index (χ2n) is 11.7. The number of carbonyl (C=O) groups is 3. The average Bonchev–Trinajstić information content (AvgIpc) is 2.91. The predicted octanol–water partition coefficient (Wildman–Crippen LogP) is 1.30. The van der Waals surface area contributed by atoms with E-state index in [9.17, 15) is 14.4 Å². The van der Waals surface area contributed by atoms with Gasteiger partial charge in [-0.25, -0.2) is 4.79 Å². The van der Waals surface area contributed by atoms with Crippen LogP contribution in [0.1, 0.15) is 51.9 Å². The number of carbonyl (C=O) groups excluding carboxylic acids is 3. The molecule has 0 saturated carbocycles. The van der Waals surface area contributed by atoms with Crippen molar-refractivity contribution in [2.45, 2.75) is 57.9 Å². The number of fused-ring (bicyclic) bond motifs is 4. The molecule has 5 fully saturated rings. The van der Waals surface area contributed by atoms with Crippen molar-refractivity contribution in [3.63, 3.8) is 0 Å². The summed E-state index contributed by atoms with van der Waals surface area (Å²) >= 11 is 0. The van der Waals surface area contributed by atoms with Gasteiger partial charge in [-0.3, -0.25) is 9.59 Å². The van der Waals surface area contributed by atoms with Crippen molar-refractivity contribution in [2.24, 2.45) is 17.8 Å². The molecule has 9 heteroatoms. The lowest BCUT2D eigenvalue weighted by Gasteiger charge is -2.53. The van der Waals surface area contributed by atoms with Gasteiger partial charge in [-0.2, -0.15) is 0 Å². The topological polar surface area (TPSA) is 79.4 Å². The number of likely N-dealkylation sites (N-methyl/N-ethyl adjacent to an activating group) is 1. The van der Waals surface area contributed by atoms with Crippen LogP contribution in [0.4, 0.5) is 4.79 Å². The molecule has 3 atom stereocenters. The Morgan fingerprint density at radius 3 is 2.42 bits per heavy atom. The first-order chi connectivity index (χ1) is 17.5. The van der Waals surface area contributed by atoms with E-state index < -0.39 is 0 Å². The zero-order chi connectivity index (χ0) is 25.1. The number of urea groups is 1. The number of rotatable bonds is 6. The van der Waals surface area contributed by atoms with Gasteiger partial charge < -0.3 is 29.8 Å². The smallest absolute Gasteiger partial charge is 0.320 e. The molecule has 4 amide bonds. The Balaban J connectivity index is 1.01. The number of piperidine rings is 4. The van der Waals surface area contributed by atoms with E-state index in [4.69, 9.17) is 0 Å². The fourth-order valence-electron chi connectivity index (χ4n) is 7.29. The monoisotopic (exact) mass is 502 g/mol. The lowest BCUT2D eigenvalue weighted by molar-refractivity contribution is -0.144. The molecule has 5 aliphatic rings. The van der Waals surface area contributed by atoms with Crippen LogP contribution in [0.2, 0.25) is 0 Å². The first-order valence-electron chi connectivity index (χ1n) is 14.6. The van der Waals surface area contributed by atoms with Gasteiger partial charge in [0.1, 0.15) is 0 Å². The zero-order valence-electron chi connectivity index (χ0n) is 22.2. The molecule has 0 aromatic carbocycles. The van der Waals surface area contributed by atoms with Gasteiger partial charge in [-0.05, 0) is 63.5 Å². The maximum absolute atomic E-state index is 13.3. The van der Waals surface area contributed by atoms with E-state index in [0.717, 1.165) is 104 Å². The molecule has 5 heterocycles. The molecule has 5 rings (SSSR count). The highest BCUT2D eigenvalue weighted by Gasteiger charge is 2.45. The van der Waals surface area contributed by atoms with Crippen molar-refractivity contribution in [2.75, 3.05) is 78.5 Å². The highest BCUT2D eigenvalue weighted by molar-refractivity contribution is 5.80. The second kappa shape index (κ2) is 11.7. The lowest BCUT2D eigenvalue weighted by atomic mass is 9.76. The van der Waals surface area contributed by atoms with Gasteiger partial charge in [0.25, 0.3) is 0 Å². The van der Waals surface area contributed by atoms with E-state index in [1.165, 1.54) is 0 Å². The van der Waals surface area contributed by atoms with Crippen LogP contribution in [0.5, 0.6) is 0 Å². The molecule has 0 spiro atoms. The molecule has 202 valence electrons. The van der Waals surface area contributed by atoms with Crippen molar-refractivity contribution >= 4 is 17.8 Å². The molecule has 0 radical (unpaired) electrons. The van der Waals surface area contributed by atoms with E-state index in [0.29, 0.717) is 43.3 Å². The summed E-state index contributed by atoms with van der Waals surface area (Å²) in [5, 5.41) is 3.15. The summed E-state index contributed by atoms with van der Waals surface area (Å²) in [5.41, 5.74) is 0. The van der Waals surface area contributed by atoms with Crippen molar-refractivity contribution in [1.29, 1.82) is 0 Å². The Labute approximate surface area is 216 Å². The van der Waals surface area contributed by atoms with E-state index in [1.807, 2.05) is 4.90 Å². The van der Waals surface area contributed by atoms with Crippen LogP contribution in [0.3, 0.4) is 0 Å². The Bertz CT molecular complexity index is 792. The predicted molar refractivity (Wildman–Crippen MR) is 138 cm³/mol. The van der Waals surface area contributed by atoms with Gasteiger partial charge in [0.15, 0.2) is 0 Å². The molecule has 5 aliphatic heterocycles. The molecule has 9 nitrogen and oxygen atoms in total. The third-order valence-corrected chi connectivity index (χ3v) is 9.45. The van der Waals surface area contributed by atoms with Gasteiger partial charge >= 0.3 is 6.03 Å². The van der Waals surface area contributed by atoms with E-state index in [-0.39, 0.29) is 17.9 Å². The number of amides is 4. The fraction of sp³-hybridized carbons (Fsp3) is 0.889. The quantitative estimate of drug-likeness (QED) is 0.554. The molecule has 1 N–H and O–H groups in total. The van der Waals surface area contributed by atoms with Crippen LogP contribution in [0, 0.1) is 17.8 Å². The van der Waals surface area contributed by atoms with E-state index >= 15 is 0 Å². The summed E-state index contributed by atoms with van der Waals surface area (Å²) in [6.07, 6.45) is 6.41. The number of nitrogens with one attached hydrogen (secondary N) is 1. The number of hydrogen-bond acceptors (Lipinski definition) is 5. The van der Waals surface area contributed by atoms with Crippen molar-refractivity contribution in [3.8, 4) is 0 Å². The van der Waals surface area contributed by atoms with Crippen LogP contribution in [-0.4, -0.2) is 127 Å². The third-order valence-electron chi connectivity index (χ3n) is 9.45.